The fourth-order valence-electron chi connectivity index (χ4n) is 2.21. The molecule has 0 saturated heterocycles. The molecule has 0 aliphatic heterocycles. The largest absolute Gasteiger partial charge is 0.367 e. The van der Waals surface area contributed by atoms with Gasteiger partial charge in [0, 0.05) is 46.8 Å². The third-order valence-corrected chi connectivity index (χ3v) is 6.02. The van der Waals surface area contributed by atoms with Crippen LogP contribution in [0, 0.1) is 10.1 Å². The van der Waals surface area contributed by atoms with Crippen molar-refractivity contribution in [2.75, 3.05) is 18.8 Å². The fraction of sp³-hybridized carbons (Fsp3) is 0.412. The molecule has 0 radical (unpaired) electrons. The van der Waals surface area contributed by atoms with Gasteiger partial charge in [-0.25, -0.2) is 4.98 Å². The predicted molar refractivity (Wildman–Crippen MR) is 114 cm³/mol. The molecule has 0 atom stereocenters. The summed E-state index contributed by atoms with van der Waals surface area (Å²) < 4.78 is 0.999. The van der Waals surface area contributed by atoms with Gasteiger partial charge in [0.05, 0.1) is 15.6 Å². The predicted octanol–water partition coefficient (Wildman–Crippen LogP) is 3.81. The standard InChI is InChI=1S/C17H22BrN5O2S2/c18-14-4-3-7-19-15(14)13-26-10-8-21-16(12-23(24)25)20-6-2-1-5-17-22-9-11-27-17/h3-4,7,9,11-12,20-21H,1-2,5-6,8,10,13H2/b16-12+. The van der Waals surface area contributed by atoms with E-state index in [1.807, 2.05) is 23.7 Å². The van der Waals surface area contributed by atoms with Crippen molar-refractivity contribution in [3.05, 3.63) is 67.2 Å². The van der Waals surface area contributed by atoms with Gasteiger partial charge in [0.2, 0.25) is 0 Å². The first-order valence-electron chi connectivity index (χ1n) is 8.53. The molecule has 27 heavy (non-hydrogen) atoms. The first-order chi connectivity index (χ1) is 13.1. The average Bonchev–Trinajstić information content (AvgIpc) is 3.15. The Bertz CT molecular complexity index is 728. The number of thiazole rings is 1. The second kappa shape index (κ2) is 12.7. The second-order valence-electron chi connectivity index (χ2n) is 5.55. The van der Waals surface area contributed by atoms with E-state index in [-0.39, 0.29) is 0 Å². The molecule has 0 fully saturated rings. The first-order valence-corrected chi connectivity index (χ1v) is 11.4. The maximum atomic E-state index is 10.8. The second-order valence-corrected chi connectivity index (χ2v) is 8.49. The normalized spacial score (nSPS) is 11.4. The number of hydrogen-bond donors (Lipinski definition) is 2. The Kier molecular flexibility index (Phi) is 10.2. The lowest BCUT2D eigenvalue weighted by atomic mass is 10.2. The lowest BCUT2D eigenvalue weighted by molar-refractivity contribution is -0.404. The van der Waals surface area contributed by atoms with Crippen LogP contribution in [0.1, 0.15) is 23.5 Å². The maximum Gasteiger partial charge on any atom is 0.274 e. The Morgan fingerprint density at radius 1 is 1.30 bits per heavy atom. The summed E-state index contributed by atoms with van der Waals surface area (Å²) in [5, 5.41) is 20.1. The molecular formula is C17H22BrN5O2S2. The highest BCUT2D eigenvalue weighted by atomic mass is 79.9. The quantitative estimate of drug-likeness (QED) is 0.260. The molecule has 0 amide bonds. The summed E-state index contributed by atoms with van der Waals surface area (Å²) in [5.74, 6) is 2.07. The molecule has 0 aromatic carbocycles. The van der Waals surface area contributed by atoms with Crippen LogP contribution in [0.4, 0.5) is 0 Å². The summed E-state index contributed by atoms with van der Waals surface area (Å²) in [6.07, 6.45) is 7.45. The molecule has 0 aliphatic carbocycles. The highest BCUT2D eigenvalue weighted by Gasteiger charge is 2.04. The zero-order valence-electron chi connectivity index (χ0n) is 14.8. The molecule has 146 valence electrons. The van der Waals surface area contributed by atoms with E-state index in [1.54, 1.807) is 29.3 Å². The van der Waals surface area contributed by atoms with Crippen molar-refractivity contribution < 1.29 is 4.92 Å². The zero-order chi connectivity index (χ0) is 19.3. The molecule has 0 unspecified atom stereocenters. The van der Waals surface area contributed by atoms with E-state index < -0.39 is 4.92 Å². The summed E-state index contributed by atoms with van der Waals surface area (Å²) >= 11 is 6.86. The maximum absolute atomic E-state index is 10.8. The van der Waals surface area contributed by atoms with Gasteiger partial charge < -0.3 is 10.6 Å². The lowest BCUT2D eigenvalue weighted by Gasteiger charge is -2.11. The van der Waals surface area contributed by atoms with E-state index in [9.17, 15) is 10.1 Å². The van der Waals surface area contributed by atoms with E-state index in [4.69, 9.17) is 0 Å². The van der Waals surface area contributed by atoms with Gasteiger partial charge >= 0.3 is 0 Å². The van der Waals surface area contributed by atoms with Crippen molar-refractivity contribution in [2.45, 2.75) is 25.0 Å². The van der Waals surface area contributed by atoms with Crippen LogP contribution in [0.25, 0.3) is 0 Å². The first kappa shape index (κ1) is 21.6. The summed E-state index contributed by atoms with van der Waals surface area (Å²) in [7, 11) is 0. The molecule has 2 aromatic heterocycles. The Hall–Kier alpha value is -1.65. The van der Waals surface area contributed by atoms with Crippen molar-refractivity contribution in [2.24, 2.45) is 0 Å². The van der Waals surface area contributed by atoms with Gasteiger partial charge in [-0.05, 0) is 47.3 Å². The van der Waals surface area contributed by atoms with Crippen molar-refractivity contribution in [3.8, 4) is 0 Å². The molecule has 10 heteroatoms. The van der Waals surface area contributed by atoms with Gasteiger partial charge in [0.15, 0.2) is 5.82 Å². The van der Waals surface area contributed by atoms with Crippen LogP contribution in [-0.4, -0.2) is 33.7 Å². The minimum atomic E-state index is -0.441. The van der Waals surface area contributed by atoms with E-state index in [2.05, 4.69) is 36.5 Å². The average molecular weight is 472 g/mol. The van der Waals surface area contributed by atoms with E-state index in [1.165, 1.54) is 0 Å². The minimum Gasteiger partial charge on any atom is -0.367 e. The smallest absolute Gasteiger partial charge is 0.274 e. The summed E-state index contributed by atoms with van der Waals surface area (Å²) in [6.45, 7) is 1.33. The molecule has 0 bridgehead atoms. The van der Waals surface area contributed by atoms with Gasteiger partial charge in [-0.3, -0.25) is 15.1 Å². The molecule has 2 heterocycles. The number of nitrogens with zero attached hydrogens (tertiary/aromatic N) is 3. The molecule has 7 nitrogen and oxygen atoms in total. The third-order valence-electron chi connectivity index (χ3n) is 3.49. The molecule has 0 saturated carbocycles. The number of nitro groups is 1. The fourth-order valence-corrected chi connectivity index (χ4v) is 4.27. The van der Waals surface area contributed by atoms with E-state index >= 15 is 0 Å². The number of nitrogens with one attached hydrogen (secondary N) is 2. The van der Waals surface area contributed by atoms with Crippen LogP contribution >= 0.6 is 39.0 Å². The summed E-state index contributed by atoms with van der Waals surface area (Å²) in [5.41, 5.74) is 1.00. The number of halogens is 1. The highest BCUT2D eigenvalue weighted by Crippen LogP contribution is 2.18. The number of thioether (sulfide) groups is 1. The molecular weight excluding hydrogens is 450 g/mol. The van der Waals surface area contributed by atoms with Crippen molar-refractivity contribution in [3.63, 3.8) is 0 Å². The van der Waals surface area contributed by atoms with Crippen molar-refractivity contribution >= 4 is 39.0 Å². The number of unbranched alkanes of at least 4 members (excludes halogenated alkanes) is 1. The Morgan fingerprint density at radius 3 is 2.89 bits per heavy atom. The number of aryl methyl sites for hydroxylation is 1. The number of aromatic nitrogens is 2. The van der Waals surface area contributed by atoms with Gasteiger partial charge in [-0.15, -0.1) is 11.3 Å². The Labute approximate surface area is 175 Å². The minimum absolute atomic E-state index is 0.441. The monoisotopic (exact) mass is 471 g/mol. The molecule has 2 N–H and O–H groups in total. The molecule has 0 aliphatic rings. The number of hydrogen-bond acceptors (Lipinski definition) is 8. The number of rotatable bonds is 13. The Morgan fingerprint density at radius 2 is 2.15 bits per heavy atom. The van der Waals surface area contributed by atoms with Crippen molar-refractivity contribution in [1.82, 2.24) is 20.6 Å². The van der Waals surface area contributed by atoms with Crippen LogP contribution in [0.5, 0.6) is 0 Å². The highest BCUT2D eigenvalue weighted by molar-refractivity contribution is 9.10. The zero-order valence-corrected chi connectivity index (χ0v) is 18.0. The molecule has 2 rings (SSSR count). The van der Waals surface area contributed by atoms with Gasteiger partial charge in [-0.1, -0.05) is 0 Å². The molecule has 0 spiro atoms. The lowest BCUT2D eigenvalue weighted by Crippen LogP contribution is -2.29. The van der Waals surface area contributed by atoms with Gasteiger partial charge in [-0.2, -0.15) is 11.8 Å². The summed E-state index contributed by atoms with van der Waals surface area (Å²) in [6, 6.07) is 3.86. The number of pyridine rings is 1. The van der Waals surface area contributed by atoms with Crippen LogP contribution in [0.3, 0.4) is 0 Å². The van der Waals surface area contributed by atoms with Crippen molar-refractivity contribution in [1.29, 1.82) is 0 Å². The van der Waals surface area contributed by atoms with Crippen LogP contribution in [0.15, 0.2) is 46.4 Å². The van der Waals surface area contributed by atoms with E-state index in [0.29, 0.717) is 18.9 Å². The van der Waals surface area contributed by atoms with Crippen LogP contribution < -0.4 is 10.6 Å². The Balaban J connectivity index is 1.62. The van der Waals surface area contributed by atoms with Crippen LogP contribution in [-0.2, 0) is 12.2 Å². The summed E-state index contributed by atoms with van der Waals surface area (Å²) in [4.78, 5) is 18.9. The van der Waals surface area contributed by atoms with E-state index in [0.717, 1.165) is 52.1 Å². The molecule has 2 aromatic rings. The SMILES string of the molecule is O=[N+]([O-])/C=C(\NCCCCc1nccs1)NCCSCc1ncccc1Br. The third kappa shape index (κ3) is 9.21. The van der Waals surface area contributed by atoms with Gasteiger partial charge in [0.25, 0.3) is 6.20 Å². The topological polar surface area (TPSA) is 93.0 Å². The van der Waals surface area contributed by atoms with Gasteiger partial charge in [0.1, 0.15) is 0 Å². The van der Waals surface area contributed by atoms with Crippen LogP contribution in [0.2, 0.25) is 0 Å².